The van der Waals surface area contributed by atoms with Gasteiger partial charge in [-0.25, -0.2) is 0 Å². The maximum Gasteiger partial charge on any atom is 0.207 e. The summed E-state index contributed by atoms with van der Waals surface area (Å²) >= 11 is 0. The van der Waals surface area contributed by atoms with E-state index in [1.807, 2.05) is 6.07 Å². The molecule has 1 aromatic rings. The molecule has 0 aliphatic heterocycles. The van der Waals surface area contributed by atoms with Gasteiger partial charge in [0, 0.05) is 5.56 Å². The van der Waals surface area contributed by atoms with Gasteiger partial charge in [0.2, 0.25) is 5.82 Å². The van der Waals surface area contributed by atoms with E-state index in [4.69, 9.17) is 14.7 Å². The maximum atomic E-state index is 13.5. The summed E-state index contributed by atoms with van der Waals surface area (Å²) in [6.45, 7) is 0. The van der Waals surface area contributed by atoms with Crippen molar-refractivity contribution in [2.24, 2.45) is 0 Å². The SMILES string of the molecule is COc1ccc(CC#N)c(OC)c1F. The molecule has 0 aliphatic carbocycles. The number of rotatable bonds is 3. The van der Waals surface area contributed by atoms with E-state index in [9.17, 15) is 4.39 Å². The molecule has 0 radical (unpaired) electrons. The van der Waals surface area contributed by atoms with Crippen LogP contribution in [0.2, 0.25) is 0 Å². The molecule has 0 N–H and O–H groups in total. The van der Waals surface area contributed by atoms with Gasteiger partial charge < -0.3 is 9.47 Å². The van der Waals surface area contributed by atoms with Crippen LogP contribution in [-0.4, -0.2) is 14.2 Å². The van der Waals surface area contributed by atoms with Crippen LogP contribution in [-0.2, 0) is 6.42 Å². The molecule has 0 amide bonds. The Hall–Kier alpha value is -1.76. The predicted octanol–water partition coefficient (Wildman–Crippen LogP) is 1.91. The van der Waals surface area contributed by atoms with Crippen LogP contribution in [0, 0.1) is 17.1 Å². The zero-order chi connectivity index (χ0) is 10.6. The van der Waals surface area contributed by atoms with Crippen LogP contribution in [0.4, 0.5) is 4.39 Å². The number of nitriles is 1. The van der Waals surface area contributed by atoms with Gasteiger partial charge in [0.25, 0.3) is 0 Å². The molecule has 0 aromatic heterocycles. The van der Waals surface area contributed by atoms with Crippen LogP contribution in [0.3, 0.4) is 0 Å². The molecule has 0 saturated heterocycles. The average Bonchev–Trinajstić information content (AvgIpc) is 2.19. The van der Waals surface area contributed by atoms with Gasteiger partial charge in [0.15, 0.2) is 11.5 Å². The zero-order valence-corrected chi connectivity index (χ0v) is 8.00. The Bertz CT molecular complexity index is 371. The van der Waals surface area contributed by atoms with E-state index >= 15 is 0 Å². The lowest BCUT2D eigenvalue weighted by molar-refractivity contribution is 0.348. The van der Waals surface area contributed by atoms with Crippen LogP contribution in [0.15, 0.2) is 12.1 Å². The fraction of sp³-hybridized carbons (Fsp3) is 0.300. The largest absolute Gasteiger partial charge is 0.494 e. The van der Waals surface area contributed by atoms with Crippen molar-refractivity contribution in [1.82, 2.24) is 0 Å². The minimum atomic E-state index is -0.567. The molecule has 1 rings (SSSR count). The molecule has 0 atom stereocenters. The zero-order valence-electron chi connectivity index (χ0n) is 8.00. The van der Waals surface area contributed by atoms with Crippen LogP contribution in [0.5, 0.6) is 11.5 Å². The Morgan fingerprint density at radius 3 is 2.57 bits per heavy atom. The molecular formula is C10H10FNO2. The Kier molecular flexibility index (Phi) is 3.29. The number of hydrogen-bond donors (Lipinski definition) is 0. The van der Waals surface area contributed by atoms with Gasteiger partial charge in [-0.1, -0.05) is 6.07 Å². The topological polar surface area (TPSA) is 42.2 Å². The average molecular weight is 195 g/mol. The van der Waals surface area contributed by atoms with Gasteiger partial charge in [0.05, 0.1) is 26.7 Å². The molecule has 0 saturated carbocycles. The fourth-order valence-electron chi connectivity index (χ4n) is 1.18. The molecule has 14 heavy (non-hydrogen) atoms. The van der Waals surface area contributed by atoms with E-state index < -0.39 is 5.82 Å². The molecule has 0 unspecified atom stereocenters. The number of hydrogen-bond acceptors (Lipinski definition) is 3. The molecule has 0 aliphatic rings. The second-order valence-electron chi connectivity index (χ2n) is 2.61. The highest BCUT2D eigenvalue weighted by Crippen LogP contribution is 2.30. The van der Waals surface area contributed by atoms with Gasteiger partial charge in [-0.3, -0.25) is 0 Å². The summed E-state index contributed by atoms with van der Waals surface area (Å²) in [6, 6.07) is 5.03. The van der Waals surface area contributed by atoms with Crippen molar-refractivity contribution < 1.29 is 13.9 Å². The molecule has 0 spiro atoms. The summed E-state index contributed by atoms with van der Waals surface area (Å²) in [5.74, 6) is -0.378. The van der Waals surface area contributed by atoms with Gasteiger partial charge in [0.1, 0.15) is 0 Å². The first-order valence-corrected chi connectivity index (χ1v) is 4.01. The lowest BCUT2D eigenvalue weighted by Crippen LogP contribution is -1.97. The summed E-state index contributed by atoms with van der Waals surface area (Å²) in [5.41, 5.74) is 0.522. The molecule has 0 fully saturated rings. The minimum absolute atomic E-state index is 0.0749. The Labute approximate surface area is 81.7 Å². The third-order valence-corrected chi connectivity index (χ3v) is 1.84. The van der Waals surface area contributed by atoms with E-state index in [0.717, 1.165) is 0 Å². The monoisotopic (exact) mass is 195 g/mol. The van der Waals surface area contributed by atoms with Crippen molar-refractivity contribution in [2.45, 2.75) is 6.42 Å². The van der Waals surface area contributed by atoms with E-state index in [1.165, 1.54) is 20.3 Å². The summed E-state index contributed by atoms with van der Waals surface area (Å²) in [5, 5.41) is 8.50. The molecule has 0 heterocycles. The van der Waals surface area contributed by atoms with Gasteiger partial charge >= 0.3 is 0 Å². The van der Waals surface area contributed by atoms with Crippen LogP contribution >= 0.6 is 0 Å². The smallest absolute Gasteiger partial charge is 0.207 e. The van der Waals surface area contributed by atoms with E-state index in [2.05, 4.69) is 0 Å². The molecule has 74 valence electrons. The summed E-state index contributed by atoms with van der Waals surface area (Å²) in [6.07, 6.45) is 0.115. The van der Waals surface area contributed by atoms with Crippen LogP contribution in [0.1, 0.15) is 5.56 Å². The summed E-state index contributed by atoms with van der Waals surface area (Å²) in [4.78, 5) is 0. The molecular weight excluding hydrogens is 185 g/mol. The van der Waals surface area contributed by atoms with Gasteiger partial charge in [-0.15, -0.1) is 0 Å². The highest BCUT2D eigenvalue weighted by atomic mass is 19.1. The van der Waals surface area contributed by atoms with Crippen molar-refractivity contribution >= 4 is 0 Å². The number of benzene rings is 1. The van der Waals surface area contributed by atoms with E-state index in [-0.39, 0.29) is 17.9 Å². The first kappa shape index (κ1) is 10.3. The van der Waals surface area contributed by atoms with Crippen LogP contribution < -0.4 is 9.47 Å². The third-order valence-electron chi connectivity index (χ3n) is 1.84. The second-order valence-corrected chi connectivity index (χ2v) is 2.61. The van der Waals surface area contributed by atoms with E-state index in [1.54, 1.807) is 6.07 Å². The highest BCUT2D eigenvalue weighted by Gasteiger charge is 2.13. The molecule has 3 nitrogen and oxygen atoms in total. The quantitative estimate of drug-likeness (QED) is 0.739. The first-order chi connectivity index (χ1) is 6.74. The standard InChI is InChI=1S/C10H10FNO2/c1-13-8-4-3-7(5-6-12)10(14-2)9(8)11/h3-4H,5H2,1-2H3. The number of methoxy groups -OCH3 is 2. The number of halogens is 1. The van der Waals surface area contributed by atoms with Gasteiger partial charge in [-0.2, -0.15) is 9.65 Å². The number of nitrogens with zero attached hydrogens (tertiary/aromatic N) is 1. The Balaban J connectivity index is 3.22. The minimum Gasteiger partial charge on any atom is -0.494 e. The lowest BCUT2D eigenvalue weighted by atomic mass is 10.1. The Morgan fingerprint density at radius 1 is 1.36 bits per heavy atom. The molecule has 1 aromatic carbocycles. The Morgan fingerprint density at radius 2 is 2.07 bits per heavy atom. The first-order valence-electron chi connectivity index (χ1n) is 4.01. The lowest BCUT2D eigenvalue weighted by Gasteiger charge is -2.09. The summed E-state index contributed by atoms with van der Waals surface area (Å²) in [7, 11) is 2.74. The highest BCUT2D eigenvalue weighted by molar-refractivity contribution is 5.43. The van der Waals surface area contributed by atoms with Crippen LogP contribution in [0.25, 0.3) is 0 Å². The number of ether oxygens (including phenoxy) is 2. The third kappa shape index (κ3) is 1.77. The van der Waals surface area contributed by atoms with Gasteiger partial charge in [-0.05, 0) is 6.07 Å². The van der Waals surface area contributed by atoms with Crippen molar-refractivity contribution in [3.8, 4) is 17.6 Å². The predicted molar refractivity (Wildman–Crippen MR) is 48.8 cm³/mol. The molecule has 4 heteroatoms. The fourth-order valence-corrected chi connectivity index (χ4v) is 1.18. The maximum absolute atomic E-state index is 13.5. The normalized spacial score (nSPS) is 9.29. The van der Waals surface area contributed by atoms with Crippen molar-refractivity contribution in [3.05, 3.63) is 23.5 Å². The molecule has 0 bridgehead atoms. The van der Waals surface area contributed by atoms with E-state index in [0.29, 0.717) is 5.56 Å². The summed E-state index contributed by atoms with van der Waals surface area (Å²) < 4.78 is 23.1. The van der Waals surface area contributed by atoms with Crippen molar-refractivity contribution in [2.75, 3.05) is 14.2 Å². The van der Waals surface area contributed by atoms with Crippen molar-refractivity contribution in [1.29, 1.82) is 5.26 Å². The van der Waals surface area contributed by atoms with Crippen molar-refractivity contribution in [3.63, 3.8) is 0 Å². The second kappa shape index (κ2) is 4.47.